The molecule has 4 heteroatoms. The minimum Gasteiger partial charge on any atom is -0.465 e. The Morgan fingerprint density at radius 2 is 2.44 bits per heavy atom. The predicted octanol–water partition coefficient (Wildman–Crippen LogP) is 2.77. The molecule has 0 spiro atoms. The first kappa shape index (κ1) is 12.7. The fourth-order valence-corrected chi connectivity index (χ4v) is 2.03. The normalized spacial score (nSPS) is 13.8. The maximum Gasteiger partial charge on any atom is 0.326 e. The Bertz CT molecular complexity index is 380. The van der Waals surface area contributed by atoms with Crippen molar-refractivity contribution in [2.45, 2.75) is 26.7 Å². The average Bonchev–Trinajstić information content (AvgIpc) is 2.79. The zero-order valence-electron chi connectivity index (χ0n) is 9.53. The van der Waals surface area contributed by atoms with Crippen LogP contribution in [0.3, 0.4) is 0 Å². The van der Waals surface area contributed by atoms with Crippen molar-refractivity contribution in [1.29, 1.82) is 5.26 Å². The summed E-state index contributed by atoms with van der Waals surface area (Å²) in [5.41, 5.74) is 0.133. The molecule has 86 valence electrons. The SMILES string of the molecule is CCOC(=O)C(C)(C#N)CCc1ccsc1. The first-order valence-electron chi connectivity index (χ1n) is 5.22. The molecule has 0 fully saturated rings. The Kier molecular flexibility index (Phi) is 4.51. The number of esters is 1. The van der Waals surface area contributed by atoms with Gasteiger partial charge in [-0.15, -0.1) is 0 Å². The number of rotatable bonds is 5. The molecule has 0 aromatic carbocycles. The molecule has 0 aliphatic rings. The van der Waals surface area contributed by atoms with E-state index in [2.05, 4.69) is 6.07 Å². The number of carbonyl (C=O) groups excluding carboxylic acids is 1. The largest absolute Gasteiger partial charge is 0.465 e. The molecule has 1 aromatic rings. The van der Waals surface area contributed by atoms with E-state index in [1.54, 1.807) is 25.2 Å². The lowest BCUT2D eigenvalue weighted by Gasteiger charge is -2.18. The molecule has 3 nitrogen and oxygen atoms in total. The topological polar surface area (TPSA) is 50.1 Å². The summed E-state index contributed by atoms with van der Waals surface area (Å²) in [7, 11) is 0. The van der Waals surface area contributed by atoms with E-state index in [1.807, 2.05) is 16.8 Å². The third-order valence-electron chi connectivity index (χ3n) is 2.47. The lowest BCUT2D eigenvalue weighted by Crippen LogP contribution is -2.29. The number of aryl methyl sites for hydroxylation is 1. The van der Waals surface area contributed by atoms with E-state index in [4.69, 9.17) is 10.00 Å². The highest BCUT2D eigenvalue weighted by Crippen LogP contribution is 2.25. The van der Waals surface area contributed by atoms with Gasteiger partial charge in [0.15, 0.2) is 5.41 Å². The molecule has 0 bridgehead atoms. The van der Waals surface area contributed by atoms with Crippen LogP contribution < -0.4 is 0 Å². The van der Waals surface area contributed by atoms with Crippen molar-refractivity contribution in [2.75, 3.05) is 6.61 Å². The lowest BCUT2D eigenvalue weighted by atomic mass is 9.86. The fraction of sp³-hybridized carbons (Fsp3) is 0.500. The van der Waals surface area contributed by atoms with Gasteiger partial charge in [-0.3, -0.25) is 4.79 Å². The number of nitrogens with zero attached hydrogens (tertiary/aromatic N) is 1. The Hall–Kier alpha value is -1.34. The molecule has 1 aromatic heterocycles. The molecule has 0 radical (unpaired) electrons. The molecule has 1 unspecified atom stereocenters. The van der Waals surface area contributed by atoms with Gasteiger partial charge in [-0.1, -0.05) is 0 Å². The first-order chi connectivity index (χ1) is 7.62. The number of thiophene rings is 1. The molecule has 0 saturated carbocycles. The van der Waals surface area contributed by atoms with E-state index >= 15 is 0 Å². The minimum atomic E-state index is -1.03. The van der Waals surface area contributed by atoms with E-state index in [9.17, 15) is 4.79 Å². The van der Waals surface area contributed by atoms with Gasteiger partial charge in [0.1, 0.15) is 0 Å². The van der Waals surface area contributed by atoms with Gasteiger partial charge in [0.05, 0.1) is 12.7 Å². The summed E-state index contributed by atoms with van der Waals surface area (Å²) in [6.45, 7) is 3.69. The second-order valence-electron chi connectivity index (χ2n) is 3.80. The Labute approximate surface area is 99.7 Å². The molecule has 1 rings (SSSR count). The second-order valence-corrected chi connectivity index (χ2v) is 4.58. The molecule has 0 saturated heterocycles. The summed E-state index contributed by atoms with van der Waals surface area (Å²) in [5, 5.41) is 13.1. The van der Waals surface area contributed by atoms with Gasteiger partial charge in [0, 0.05) is 0 Å². The van der Waals surface area contributed by atoms with Crippen LogP contribution in [0.1, 0.15) is 25.8 Å². The zero-order chi connectivity index (χ0) is 12.0. The standard InChI is InChI=1S/C12H15NO2S/c1-3-15-11(14)12(2,9-13)6-4-10-5-7-16-8-10/h5,7-8H,3-4,6H2,1-2H3. The first-order valence-corrected chi connectivity index (χ1v) is 6.16. The van der Waals surface area contributed by atoms with Crippen LogP contribution in [0.15, 0.2) is 16.8 Å². The molecule has 16 heavy (non-hydrogen) atoms. The van der Waals surface area contributed by atoms with Gasteiger partial charge in [-0.2, -0.15) is 16.6 Å². The quantitative estimate of drug-likeness (QED) is 0.740. The van der Waals surface area contributed by atoms with Gasteiger partial charge in [-0.05, 0) is 49.1 Å². The summed E-state index contributed by atoms with van der Waals surface area (Å²) in [6, 6.07) is 4.06. The Morgan fingerprint density at radius 3 is 2.94 bits per heavy atom. The van der Waals surface area contributed by atoms with Crippen LogP contribution in [-0.4, -0.2) is 12.6 Å². The van der Waals surface area contributed by atoms with Gasteiger partial charge in [0.25, 0.3) is 0 Å². The molecule has 1 heterocycles. The third-order valence-corrected chi connectivity index (χ3v) is 3.20. The maximum absolute atomic E-state index is 11.6. The van der Waals surface area contributed by atoms with Crippen LogP contribution in [0.2, 0.25) is 0 Å². The van der Waals surface area contributed by atoms with Crippen LogP contribution in [0.5, 0.6) is 0 Å². The molecule has 0 N–H and O–H groups in total. The summed E-state index contributed by atoms with van der Waals surface area (Å²) >= 11 is 1.62. The maximum atomic E-state index is 11.6. The minimum absolute atomic E-state index is 0.314. The van der Waals surface area contributed by atoms with Crippen molar-refractivity contribution in [3.8, 4) is 6.07 Å². The van der Waals surface area contributed by atoms with Gasteiger partial charge in [-0.25, -0.2) is 0 Å². The van der Waals surface area contributed by atoms with Crippen molar-refractivity contribution >= 4 is 17.3 Å². The predicted molar refractivity (Wildman–Crippen MR) is 63.0 cm³/mol. The smallest absolute Gasteiger partial charge is 0.326 e. The summed E-state index contributed by atoms with van der Waals surface area (Å²) in [5.74, 6) is -0.423. The van der Waals surface area contributed by atoms with E-state index in [-0.39, 0.29) is 0 Å². The van der Waals surface area contributed by atoms with Crippen LogP contribution in [-0.2, 0) is 16.0 Å². The van der Waals surface area contributed by atoms with E-state index < -0.39 is 11.4 Å². The van der Waals surface area contributed by atoms with E-state index in [1.165, 1.54) is 0 Å². The van der Waals surface area contributed by atoms with Crippen LogP contribution in [0.25, 0.3) is 0 Å². The van der Waals surface area contributed by atoms with Crippen molar-refractivity contribution in [3.05, 3.63) is 22.4 Å². The molecule has 0 aliphatic carbocycles. The molecule has 1 atom stereocenters. The van der Waals surface area contributed by atoms with E-state index in [0.29, 0.717) is 13.0 Å². The number of ether oxygens (including phenoxy) is 1. The van der Waals surface area contributed by atoms with Crippen molar-refractivity contribution in [2.24, 2.45) is 5.41 Å². The van der Waals surface area contributed by atoms with E-state index in [0.717, 1.165) is 12.0 Å². The highest BCUT2D eigenvalue weighted by molar-refractivity contribution is 7.07. The number of hydrogen-bond acceptors (Lipinski definition) is 4. The highest BCUT2D eigenvalue weighted by atomic mass is 32.1. The number of nitriles is 1. The zero-order valence-corrected chi connectivity index (χ0v) is 10.3. The lowest BCUT2D eigenvalue weighted by molar-refractivity contribution is -0.151. The fourth-order valence-electron chi connectivity index (χ4n) is 1.32. The number of hydrogen-bond donors (Lipinski definition) is 0. The van der Waals surface area contributed by atoms with Gasteiger partial charge in [0.2, 0.25) is 0 Å². The second kappa shape index (κ2) is 5.66. The van der Waals surface area contributed by atoms with Crippen LogP contribution >= 0.6 is 11.3 Å². The van der Waals surface area contributed by atoms with Crippen LogP contribution in [0, 0.1) is 16.7 Å². The monoisotopic (exact) mass is 237 g/mol. The Morgan fingerprint density at radius 1 is 1.69 bits per heavy atom. The van der Waals surface area contributed by atoms with Crippen molar-refractivity contribution in [1.82, 2.24) is 0 Å². The molecule has 0 amide bonds. The molecular weight excluding hydrogens is 222 g/mol. The summed E-state index contributed by atoms with van der Waals surface area (Å²) < 4.78 is 4.91. The van der Waals surface area contributed by atoms with Crippen molar-refractivity contribution in [3.63, 3.8) is 0 Å². The van der Waals surface area contributed by atoms with Gasteiger partial charge < -0.3 is 4.74 Å². The summed E-state index contributed by atoms with van der Waals surface area (Å²) in [6.07, 6.45) is 1.23. The van der Waals surface area contributed by atoms with Crippen molar-refractivity contribution < 1.29 is 9.53 Å². The average molecular weight is 237 g/mol. The number of carbonyl (C=O) groups is 1. The molecular formula is C12H15NO2S. The summed E-state index contributed by atoms with van der Waals surface area (Å²) in [4.78, 5) is 11.6. The van der Waals surface area contributed by atoms with Gasteiger partial charge >= 0.3 is 5.97 Å². The third kappa shape index (κ3) is 3.07. The Balaban J connectivity index is 2.60. The van der Waals surface area contributed by atoms with Crippen LogP contribution in [0.4, 0.5) is 0 Å². The highest BCUT2D eigenvalue weighted by Gasteiger charge is 2.34. The molecule has 0 aliphatic heterocycles.